The van der Waals surface area contributed by atoms with E-state index < -0.39 is 9.84 Å². The highest BCUT2D eigenvalue weighted by Gasteiger charge is 2.30. The van der Waals surface area contributed by atoms with Gasteiger partial charge in [-0.3, -0.25) is 0 Å². The Kier molecular flexibility index (Phi) is 8.34. The zero-order valence-corrected chi connectivity index (χ0v) is 15.2. The quantitative estimate of drug-likeness (QED) is 0.668. The summed E-state index contributed by atoms with van der Waals surface area (Å²) in [5.74, 6) is 0.583. The van der Waals surface area contributed by atoms with Crippen LogP contribution in [0.25, 0.3) is 0 Å². The van der Waals surface area contributed by atoms with Gasteiger partial charge in [-0.2, -0.15) is 0 Å². The highest BCUT2D eigenvalue weighted by Crippen LogP contribution is 2.33. The van der Waals surface area contributed by atoms with Gasteiger partial charge in [0.05, 0.1) is 5.75 Å². The SMILES string of the molecule is CCCCC(CC)(CCS(=O)(=O)CC)CNC(C)(C)C. The zero-order chi connectivity index (χ0) is 15.9. The van der Waals surface area contributed by atoms with Gasteiger partial charge < -0.3 is 5.32 Å². The summed E-state index contributed by atoms with van der Waals surface area (Å²) in [5, 5.41) is 3.58. The molecule has 1 N–H and O–H groups in total. The summed E-state index contributed by atoms with van der Waals surface area (Å²) < 4.78 is 23.6. The summed E-state index contributed by atoms with van der Waals surface area (Å²) in [4.78, 5) is 0. The molecule has 0 amide bonds. The number of sulfone groups is 1. The molecular formula is C16H35NO2S. The minimum atomic E-state index is -2.87. The van der Waals surface area contributed by atoms with Gasteiger partial charge in [-0.1, -0.05) is 33.6 Å². The van der Waals surface area contributed by atoms with Crippen LogP contribution in [-0.2, 0) is 9.84 Å². The average molecular weight is 306 g/mol. The zero-order valence-electron chi connectivity index (χ0n) is 14.4. The molecule has 0 aliphatic rings. The second kappa shape index (κ2) is 8.38. The summed E-state index contributed by atoms with van der Waals surface area (Å²) in [6.07, 6.45) is 5.27. The van der Waals surface area contributed by atoms with Gasteiger partial charge in [0.25, 0.3) is 0 Å². The fourth-order valence-corrected chi connectivity index (χ4v) is 3.33. The molecule has 0 aromatic carbocycles. The van der Waals surface area contributed by atoms with E-state index in [0.29, 0.717) is 5.75 Å². The predicted octanol–water partition coefficient (Wildman–Crippen LogP) is 3.79. The van der Waals surface area contributed by atoms with Gasteiger partial charge in [0.1, 0.15) is 9.84 Å². The highest BCUT2D eigenvalue weighted by molar-refractivity contribution is 7.91. The van der Waals surface area contributed by atoms with E-state index in [1.807, 2.05) is 0 Å². The van der Waals surface area contributed by atoms with E-state index in [1.54, 1.807) is 6.92 Å². The molecule has 0 saturated carbocycles. The monoisotopic (exact) mass is 305 g/mol. The Morgan fingerprint density at radius 2 is 1.60 bits per heavy atom. The van der Waals surface area contributed by atoms with Crippen molar-refractivity contribution in [3.05, 3.63) is 0 Å². The summed E-state index contributed by atoms with van der Waals surface area (Å²) in [6.45, 7) is 13.5. The van der Waals surface area contributed by atoms with Crippen molar-refractivity contribution in [2.24, 2.45) is 5.41 Å². The van der Waals surface area contributed by atoms with E-state index >= 15 is 0 Å². The van der Waals surface area contributed by atoms with Crippen molar-refractivity contribution >= 4 is 9.84 Å². The number of hydrogen-bond donors (Lipinski definition) is 1. The summed E-state index contributed by atoms with van der Waals surface area (Å²) in [7, 11) is -2.87. The lowest BCUT2D eigenvalue weighted by atomic mass is 9.77. The molecule has 0 rings (SSSR count). The molecule has 1 unspecified atom stereocenters. The molecule has 0 aromatic heterocycles. The van der Waals surface area contributed by atoms with Crippen LogP contribution in [0.5, 0.6) is 0 Å². The van der Waals surface area contributed by atoms with Crippen LogP contribution >= 0.6 is 0 Å². The molecule has 4 heteroatoms. The van der Waals surface area contributed by atoms with Gasteiger partial charge in [0.2, 0.25) is 0 Å². The lowest BCUT2D eigenvalue weighted by molar-refractivity contribution is 0.201. The molecule has 0 spiro atoms. The molecular weight excluding hydrogens is 270 g/mol. The summed E-state index contributed by atoms with van der Waals surface area (Å²) in [5.41, 5.74) is 0.196. The molecule has 3 nitrogen and oxygen atoms in total. The maximum absolute atomic E-state index is 11.8. The smallest absolute Gasteiger partial charge is 0.150 e. The van der Waals surface area contributed by atoms with E-state index in [0.717, 1.165) is 32.2 Å². The molecule has 0 aliphatic carbocycles. The molecule has 0 saturated heterocycles. The molecule has 1 atom stereocenters. The second-order valence-electron chi connectivity index (χ2n) is 7.05. The first-order valence-corrected chi connectivity index (χ1v) is 9.87. The van der Waals surface area contributed by atoms with Crippen LogP contribution in [0.15, 0.2) is 0 Å². The molecule has 122 valence electrons. The predicted molar refractivity (Wildman–Crippen MR) is 88.9 cm³/mol. The first-order chi connectivity index (χ1) is 9.10. The van der Waals surface area contributed by atoms with E-state index in [9.17, 15) is 8.42 Å². The van der Waals surface area contributed by atoms with Gasteiger partial charge in [-0.05, 0) is 45.4 Å². The Balaban J connectivity index is 4.83. The normalized spacial score (nSPS) is 16.1. The van der Waals surface area contributed by atoms with E-state index in [4.69, 9.17) is 0 Å². The summed E-state index contributed by atoms with van der Waals surface area (Å²) >= 11 is 0. The molecule has 0 radical (unpaired) electrons. The Hall–Kier alpha value is -0.0900. The molecule has 0 bridgehead atoms. The molecule has 0 fully saturated rings. The van der Waals surface area contributed by atoms with Gasteiger partial charge >= 0.3 is 0 Å². The van der Waals surface area contributed by atoms with Crippen LogP contribution in [-0.4, -0.2) is 32.0 Å². The lowest BCUT2D eigenvalue weighted by Gasteiger charge is -2.36. The third kappa shape index (κ3) is 8.25. The van der Waals surface area contributed by atoms with E-state index in [-0.39, 0.29) is 16.7 Å². The van der Waals surface area contributed by atoms with Gasteiger partial charge in [0, 0.05) is 17.8 Å². The Labute approximate surface area is 126 Å². The number of hydrogen-bond acceptors (Lipinski definition) is 3. The maximum atomic E-state index is 11.8. The van der Waals surface area contributed by atoms with E-state index in [2.05, 4.69) is 39.9 Å². The molecule has 0 aromatic rings. The number of rotatable bonds is 10. The largest absolute Gasteiger partial charge is 0.312 e. The van der Waals surface area contributed by atoms with Crippen LogP contribution in [0.1, 0.15) is 73.6 Å². The fraction of sp³-hybridized carbons (Fsp3) is 1.00. The van der Waals surface area contributed by atoms with Gasteiger partial charge in [-0.15, -0.1) is 0 Å². The van der Waals surface area contributed by atoms with E-state index in [1.165, 1.54) is 6.42 Å². The van der Waals surface area contributed by atoms with Crippen LogP contribution in [0, 0.1) is 5.41 Å². The first-order valence-electron chi connectivity index (χ1n) is 8.05. The summed E-state index contributed by atoms with van der Waals surface area (Å²) in [6, 6.07) is 0. The van der Waals surface area contributed by atoms with Gasteiger partial charge in [-0.25, -0.2) is 8.42 Å². The highest BCUT2D eigenvalue weighted by atomic mass is 32.2. The molecule has 0 heterocycles. The van der Waals surface area contributed by atoms with Crippen LogP contribution in [0.3, 0.4) is 0 Å². The van der Waals surface area contributed by atoms with Crippen LogP contribution in [0.2, 0.25) is 0 Å². The maximum Gasteiger partial charge on any atom is 0.150 e. The average Bonchev–Trinajstić information content (AvgIpc) is 2.37. The van der Waals surface area contributed by atoms with Crippen molar-refractivity contribution in [1.29, 1.82) is 0 Å². The van der Waals surface area contributed by atoms with Crippen molar-refractivity contribution < 1.29 is 8.42 Å². The van der Waals surface area contributed by atoms with Crippen molar-refractivity contribution in [3.8, 4) is 0 Å². The number of nitrogens with one attached hydrogen (secondary N) is 1. The van der Waals surface area contributed by atoms with Gasteiger partial charge in [0.15, 0.2) is 0 Å². The van der Waals surface area contributed by atoms with Crippen molar-refractivity contribution in [2.75, 3.05) is 18.1 Å². The minimum absolute atomic E-state index is 0.0796. The minimum Gasteiger partial charge on any atom is -0.312 e. The molecule has 20 heavy (non-hydrogen) atoms. The fourth-order valence-electron chi connectivity index (χ4n) is 2.30. The Bertz CT molecular complexity index is 357. The van der Waals surface area contributed by atoms with Crippen molar-refractivity contribution in [1.82, 2.24) is 5.32 Å². The standard InChI is InChI=1S/C16H35NO2S/c1-7-10-11-16(8-2,14-17-15(4,5)6)12-13-20(18,19)9-3/h17H,7-14H2,1-6H3. The second-order valence-corrected chi connectivity index (χ2v) is 9.52. The third-order valence-electron chi connectivity index (χ3n) is 4.19. The van der Waals surface area contributed by atoms with Crippen molar-refractivity contribution in [3.63, 3.8) is 0 Å². The molecule has 0 aliphatic heterocycles. The Morgan fingerprint density at radius 3 is 2.00 bits per heavy atom. The Morgan fingerprint density at radius 1 is 1.00 bits per heavy atom. The first kappa shape index (κ1) is 19.9. The van der Waals surface area contributed by atoms with Crippen LogP contribution < -0.4 is 5.32 Å². The van der Waals surface area contributed by atoms with Crippen LogP contribution in [0.4, 0.5) is 0 Å². The third-order valence-corrected chi connectivity index (χ3v) is 5.89. The number of unbranched alkanes of at least 4 members (excludes halogenated alkanes) is 1. The lowest BCUT2D eigenvalue weighted by Crippen LogP contribution is -2.44. The topological polar surface area (TPSA) is 46.2 Å². The van der Waals surface area contributed by atoms with Crippen molar-refractivity contribution in [2.45, 2.75) is 79.2 Å².